The van der Waals surface area contributed by atoms with E-state index in [1.54, 1.807) is 14.2 Å². The van der Waals surface area contributed by atoms with Crippen LogP contribution in [0.4, 0.5) is 0 Å². The molecule has 1 aliphatic heterocycles. The Morgan fingerprint density at radius 1 is 1.03 bits per heavy atom. The Hall–Kier alpha value is -3.31. The van der Waals surface area contributed by atoms with Crippen LogP contribution in [-0.2, 0) is 13.0 Å². The van der Waals surface area contributed by atoms with Crippen molar-refractivity contribution >= 4 is 5.91 Å². The topological polar surface area (TPSA) is 50.8 Å². The lowest BCUT2D eigenvalue weighted by atomic mass is 9.87. The number of carbonyl (C=O) groups is 1. The fourth-order valence-electron chi connectivity index (χ4n) is 4.68. The molecule has 4 rings (SSSR count). The minimum atomic E-state index is -0.111. The molecule has 5 nitrogen and oxygen atoms in total. The Morgan fingerprint density at radius 2 is 1.70 bits per heavy atom. The normalized spacial score (nSPS) is 16.5. The molecule has 0 aliphatic carbocycles. The third kappa shape index (κ3) is 5.04. The maximum absolute atomic E-state index is 13.0. The maximum Gasteiger partial charge on any atom is 0.251 e. The number of benzene rings is 3. The van der Waals surface area contributed by atoms with Crippen LogP contribution in [0.15, 0.2) is 66.7 Å². The van der Waals surface area contributed by atoms with Gasteiger partial charge >= 0.3 is 0 Å². The van der Waals surface area contributed by atoms with Crippen LogP contribution >= 0.6 is 0 Å². The number of ether oxygens (including phenoxy) is 2. The molecule has 33 heavy (non-hydrogen) atoms. The summed E-state index contributed by atoms with van der Waals surface area (Å²) in [7, 11) is 3.32. The van der Waals surface area contributed by atoms with E-state index in [1.807, 2.05) is 37.3 Å². The molecular formula is C28H32N2O3. The molecule has 0 radical (unpaired) electrons. The van der Waals surface area contributed by atoms with Gasteiger partial charge in [-0.05, 0) is 61.2 Å². The Morgan fingerprint density at radius 3 is 2.36 bits per heavy atom. The molecule has 172 valence electrons. The second-order valence-corrected chi connectivity index (χ2v) is 8.69. The van der Waals surface area contributed by atoms with Crippen LogP contribution in [-0.4, -0.2) is 37.6 Å². The van der Waals surface area contributed by atoms with Crippen molar-refractivity contribution in [2.75, 3.05) is 20.8 Å². The van der Waals surface area contributed by atoms with E-state index in [1.165, 1.54) is 16.7 Å². The largest absolute Gasteiger partial charge is 0.493 e. The highest BCUT2D eigenvalue weighted by atomic mass is 16.5. The Kier molecular flexibility index (Phi) is 6.99. The fourth-order valence-corrected chi connectivity index (χ4v) is 4.68. The summed E-state index contributed by atoms with van der Waals surface area (Å²) in [6.07, 6.45) is 0.914. The summed E-state index contributed by atoms with van der Waals surface area (Å²) in [5, 5.41) is 3.26. The first-order valence-corrected chi connectivity index (χ1v) is 11.4. The van der Waals surface area contributed by atoms with E-state index in [0.717, 1.165) is 30.8 Å². The number of aryl methyl sites for hydroxylation is 1. The standard InChI is InChI=1S/C28H32N2O3/c1-19-10-12-22(13-11-19)28(31)29-20(2)27-24-17-26(33-4)25(32-3)16-23(24)14-15-30(27)18-21-8-6-5-7-9-21/h5-13,16-17,20,27H,14-15,18H2,1-4H3,(H,29,31). The number of amides is 1. The lowest BCUT2D eigenvalue weighted by Crippen LogP contribution is -2.47. The number of carbonyl (C=O) groups excluding carboxylic acids is 1. The molecule has 1 aliphatic rings. The van der Waals surface area contributed by atoms with Gasteiger partial charge in [-0.25, -0.2) is 0 Å². The minimum absolute atomic E-state index is 0.00293. The predicted molar refractivity (Wildman–Crippen MR) is 131 cm³/mol. The van der Waals surface area contributed by atoms with Crippen molar-refractivity contribution in [2.45, 2.75) is 38.9 Å². The van der Waals surface area contributed by atoms with Gasteiger partial charge in [-0.2, -0.15) is 0 Å². The summed E-state index contributed by atoms with van der Waals surface area (Å²) >= 11 is 0. The van der Waals surface area contributed by atoms with Crippen molar-refractivity contribution in [3.05, 3.63) is 94.5 Å². The Labute approximate surface area is 196 Å². The number of hydrogen-bond donors (Lipinski definition) is 1. The Balaban J connectivity index is 1.67. The summed E-state index contributed by atoms with van der Waals surface area (Å²) in [6, 6.07) is 22.2. The van der Waals surface area contributed by atoms with E-state index < -0.39 is 0 Å². The molecule has 0 bridgehead atoms. The third-order valence-electron chi connectivity index (χ3n) is 6.40. The van der Waals surface area contributed by atoms with Crippen LogP contribution in [0.1, 0.15) is 45.6 Å². The fraction of sp³-hybridized carbons (Fsp3) is 0.321. The summed E-state index contributed by atoms with van der Waals surface area (Å²) in [5.41, 5.74) is 5.47. The van der Waals surface area contributed by atoms with E-state index in [-0.39, 0.29) is 18.0 Å². The number of nitrogens with zero attached hydrogens (tertiary/aromatic N) is 1. The summed E-state index contributed by atoms with van der Waals surface area (Å²) in [6.45, 7) is 5.81. The van der Waals surface area contributed by atoms with Crippen LogP contribution in [0, 0.1) is 6.92 Å². The molecule has 2 unspecified atom stereocenters. The number of fused-ring (bicyclic) bond motifs is 1. The van der Waals surface area contributed by atoms with Gasteiger partial charge in [0.25, 0.3) is 5.91 Å². The molecule has 0 aromatic heterocycles. The van der Waals surface area contributed by atoms with Gasteiger partial charge in [0.2, 0.25) is 0 Å². The molecule has 0 saturated heterocycles. The smallest absolute Gasteiger partial charge is 0.251 e. The van der Waals surface area contributed by atoms with E-state index >= 15 is 0 Å². The van der Waals surface area contributed by atoms with Crippen LogP contribution in [0.3, 0.4) is 0 Å². The molecule has 3 aromatic rings. The van der Waals surface area contributed by atoms with Gasteiger partial charge in [0.15, 0.2) is 11.5 Å². The number of nitrogens with one attached hydrogen (secondary N) is 1. The van der Waals surface area contributed by atoms with Gasteiger partial charge < -0.3 is 14.8 Å². The maximum atomic E-state index is 13.0. The zero-order chi connectivity index (χ0) is 23.4. The van der Waals surface area contributed by atoms with Crippen molar-refractivity contribution < 1.29 is 14.3 Å². The molecule has 0 saturated carbocycles. The average molecular weight is 445 g/mol. The lowest BCUT2D eigenvalue weighted by molar-refractivity contribution is 0.0877. The molecule has 1 heterocycles. The first kappa shape index (κ1) is 22.9. The summed E-state index contributed by atoms with van der Waals surface area (Å²) in [5.74, 6) is 1.39. The molecule has 0 fully saturated rings. The number of hydrogen-bond acceptors (Lipinski definition) is 4. The minimum Gasteiger partial charge on any atom is -0.493 e. The molecule has 0 spiro atoms. The Bertz CT molecular complexity index is 1100. The molecule has 5 heteroatoms. The van der Waals surface area contributed by atoms with Crippen LogP contribution in [0.5, 0.6) is 11.5 Å². The molecule has 1 N–H and O–H groups in total. The first-order valence-electron chi connectivity index (χ1n) is 11.4. The van der Waals surface area contributed by atoms with Gasteiger partial charge in [0.1, 0.15) is 0 Å². The number of methoxy groups -OCH3 is 2. The quantitative estimate of drug-likeness (QED) is 0.561. The zero-order valence-electron chi connectivity index (χ0n) is 19.8. The second kappa shape index (κ2) is 10.1. The SMILES string of the molecule is COc1cc2c(cc1OC)C(C(C)NC(=O)c1ccc(C)cc1)N(Cc1ccccc1)CC2. The van der Waals surface area contributed by atoms with Crippen LogP contribution in [0.2, 0.25) is 0 Å². The van der Waals surface area contributed by atoms with E-state index in [9.17, 15) is 4.79 Å². The average Bonchev–Trinajstić information content (AvgIpc) is 2.83. The molecular weight excluding hydrogens is 412 g/mol. The monoisotopic (exact) mass is 444 g/mol. The van der Waals surface area contributed by atoms with Gasteiger partial charge in [-0.3, -0.25) is 9.69 Å². The van der Waals surface area contributed by atoms with Crippen LogP contribution in [0.25, 0.3) is 0 Å². The summed E-state index contributed by atoms with van der Waals surface area (Å²) in [4.78, 5) is 15.5. The second-order valence-electron chi connectivity index (χ2n) is 8.69. The van der Waals surface area contributed by atoms with Crippen molar-refractivity contribution in [3.8, 4) is 11.5 Å². The van der Waals surface area contributed by atoms with Gasteiger partial charge in [-0.15, -0.1) is 0 Å². The van der Waals surface area contributed by atoms with E-state index in [4.69, 9.17) is 9.47 Å². The van der Waals surface area contributed by atoms with E-state index in [2.05, 4.69) is 53.5 Å². The zero-order valence-corrected chi connectivity index (χ0v) is 19.8. The van der Waals surface area contributed by atoms with Gasteiger partial charge in [0, 0.05) is 24.7 Å². The molecule has 2 atom stereocenters. The van der Waals surface area contributed by atoms with Crippen molar-refractivity contribution in [2.24, 2.45) is 0 Å². The summed E-state index contributed by atoms with van der Waals surface area (Å²) < 4.78 is 11.2. The molecule has 3 aromatic carbocycles. The number of rotatable bonds is 7. The third-order valence-corrected chi connectivity index (χ3v) is 6.40. The highest BCUT2D eigenvalue weighted by Gasteiger charge is 2.34. The highest BCUT2D eigenvalue weighted by Crippen LogP contribution is 2.40. The molecule has 1 amide bonds. The first-order chi connectivity index (χ1) is 16.0. The predicted octanol–water partition coefficient (Wildman–Crippen LogP) is 4.93. The lowest BCUT2D eigenvalue weighted by Gasteiger charge is -2.41. The van der Waals surface area contributed by atoms with Crippen molar-refractivity contribution in [1.82, 2.24) is 10.2 Å². The van der Waals surface area contributed by atoms with E-state index in [0.29, 0.717) is 11.3 Å². The van der Waals surface area contributed by atoms with Gasteiger partial charge in [0.05, 0.1) is 20.3 Å². The highest BCUT2D eigenvalue weighted by molar-refractivity contribution is 5.94. The van der Waals surface area contributed by atoms with Gasteiger partial charge in [-0.1, -0.05) is 48.0 Å². The van der Waals surface area contributed by atoms with Crippen molar-refractivity contribution in [1.29, 1.82) is 0 Å². The van der Waals surface area contributed by atoms with Crippen LogP contribution < -0.4 is 14.8 Å². The van der Waals surface area contributed by atoms with Crippen molar-refractivity contribution in [3.63, 3.8) is 0 Å².